The summed E-state index contributed by atoms with van der Waals surface area (Å²) in [5.74, 6) is -3.13. The Bertz CT molecular complexity index is 2100. The van der Waals surface area contributed by atoms with Gasteiger partial charge in [-0.1, -0.05) is 19.1 Å². The minimum atomic E-state index is -4.94. The van der Waals surface area contributed by atoms with Gasteiger partial charge < -0.3 is 10.2 Å². The first-order valence-electron chi connectivity index (χ1n) is 14.6. The fourth-order valence-electron chi connectivity index (χ4n) is 6.52. The summed E-state index contributed by atoms with van der Waals surface area (Å²) in [5.41, 5.74) is 1.25. The van der Waals surface area contributed by atoms with Crippen LogP contribution in [-0.2, 0) is 22.3 Å². The molecular formula is C32H27F4N7O3. The highest BCUT2D eigenvalue weighted by Gasteiger charge is 2.64. The largest absolute Gasteiger partial charge is 0.419 e. The predicted octanol–water partition coefficient (Wildman–Crippen LogP) is 5.43. The molecule has 3 aromatic heterocycles. The van der Waals surface area contributed by atoms with Crippen LogP contribution in [0.5, 0.6) is 0 Å². The number of nitrogens with one attached hydrogen (secondary N) is 1. The molecule has 0 spiro atoms. The number of hydrogen-bond acceptors (Lipinski definition) is 6. The number of carbonyl (C=O) groups is 3. The van der Waals surface area contributed by atoms with Crippen LogP contribution in [0.2, 0.25) is 0 Å². The number of Topliss-reactive ketones (excluding diaryl/α,β-unsaturated/α-hetero) is 1. The van der Waals surface area contributed by atoms with Crippen molar-refractivity contribution in [3.8, 4) is 11.1 Å². The molecular weight excluding hydrogens is 606 g/mol. The lowest BCUT2D eigenvalue weighted by Crippen LogP contribution is -2.46. The van der Waals surface area contributed by atoms with E-state index >= 15 is 0 Å². The number of aryl methyl sites for hydroxylation is 1. The Hall–Kier alpha value is -5.14. The van der Waals surface area contributed by atoms with Crippen LogP contribution < -0.4 is 5.32 Å². The minimum Gasteiger partial charge on any atom is -0.325 e. The molecule has 46 heavy (non-hydrogen) atoms. The number of fused-ring (bicyclic) bond motifs is 3. The molecule has 3 atom stereocenters. The fourth-order valence-corrected chi connectivity index (χ4v) is 6.52. The van der Waals surface area contributed by atoms with Gasteiger partial charge in [-0.2, -0.15) is 23.4 Å². The molecule has 1 saturated heterocycles. The Balaban J connectivity index is 1.17. The second-order valence-electron chi connectivity index (χ2n) is 12.3. The lowest BCUT2D eigenvalue weighted by atomic mass is 10.0. The lowest BCUT2D eigenvalue weighted by molar-refractivity contribution is -0.140. The van der Waals surface area contributed by atoms with Crippen LogP contribution in [0.15, 0.2) is 54.9 Å². The molecule has 5 aromatic rings. The highest BCUT2D eigenvalue weighted by Crippen LogP contribution is 2.59. The van der Waals surface area contributed by atoms with E-state index in [9.17, 15) is 31.9 Å². The molecule has 0 bridgehead atoms. The first kappa shape index (κ1) is 29.6. The maximum Gasteiger partial charge on any atom is 0.419 e. The molecule has 1 aliphatic carbocycles. The number of hydrogen-bond donors (Lipinski definition) is 1. The molecule has 2 amide bonds. The van der Waals surface area contributed by atoms with Gasteiger partial charge in [0.05, 0.1) is 22.5 Å². The zero-order chi connectivity index (χ0) is 32.7. The number of likely N-dealkylation sites (tertiary alicyclic amines) is 1. The van der Waals surface area contributed by atoms with E-state index in [1.165, 1.54) is 16.5 Å². The van der Waals surface area contributed by atoms with Gasteiger partial charge in [-0.15, -0.1) is 0 Å². The number of carbonyl (C=O) groups excluding carboxylic acids is 3. The Morgan fingerprint density at radius 2 is 1.85 bits per heavy atom. The van der Waals surface area contributed by atoms with Crippen molar-refractivity contribution in [3.05, 3.63) is 77.6 Å². The molecule has 0 unspecified atom stereocenters. The fraction of sp³-hybridized carbons (Fsp3) is 0.312. The number of rotatable bonds is 6. The number of piperidine rings is 1. The summed E-state index contributed by atoms with van der Waals surface area (Å²) in [7, 11) is 0. The van der Waals surface area contributed by atoms with Crippen molar-refractivity contribution in [2.75, 3.05) is 5.32 Å². The van der Waals surface area contributed by atoms with Crippen molar-refractivity contribution in [1.82, 2.24) is 29.3 Å². The van der Waals surface area contributed by atoms with E-state index in [-0.39, 0.29) is 35.9 Å². The van der Waals surface area contributed by atoms with Crippen LogP contribution in [0.1, 0.15) is 48.4 Å². The Kier molecular flexibility index (Phi) is 6.55. The third kappa shape index (κ3) is 4.88. The second-order valence-corrected chi connectivity index (χ2v) is 12.3. The van der Waals surface area contributed by atoms with Gasteiger partial charge >= 0.3 is 6.18 Å². The minimum absolute atomic E-state index is 0.167. The van der Waals surface area contributed by atoms with Crippen molar-refractivity contribution in [1.29, 1.82) is 0 Å². The number of benzene rings is 2. The van der Waals surface area contributed by atoms with Gasteiger partial charge in [-0.05, 0) is 55.0 Å². The molecule has 2 aromatic carbocycles. The highest BCUT2D eigenvalue weighted by atomic mass is 19.4. The average Bonchev–Trinajstić information content (AvgIpc) is 3.25. The summed E-state index contributed by atoms with van der Waals surface area (Å²) in [6, 6.07) is 8.57. The van der Waals surface area contributed by atoms with E-state index in [2.05, 4.69) is 20.5 Å². The normalized spacial score (nSPS) is 20.7. The molecule has 2 fully saturated rings. The molecule has 0 radical (unpaired) electrons. The first-order chi connectivity index (χ1) is 21.7. The van der Waals surface area contributed by atoms with Crippen molar-refractivity contribution in [3.63, 3.8) is 0 Å². The Morgan fingerprint density at radius 3 is 2.59 bits per heavy atom. The molecule has 236 valence electrons. The van der Waals surface area contributed by atoms with Crippen molar-refractivity contribution >= 4 is 39.8 Å². The number of ketones is 1. The summed E-state index contributed by atoms with van der Waals surface area (Å²) in [5, 5.41) is 11.7. The Labute approximate surface area is 259 Å². The number of alkyl halides is 3. The van der Waals surface area contributed by atoms with E-state index in [1.54, 1.807) is 22.8 Å². The summed E-state index contributed by atoms with van der Waals surface area (Å²) in [6.07, 6.45) is -0.489. The SMILES string of the molecule is CC(=O)c1nn(CC(=O)N2[C@H](C(=O)Nc3cccc(C(F)(F)F)c3F)C[C@@]3(C)C[C@@H]23)c2ccc(-c3cnc4cc(C)nn4c3)cc12. The van der Waals surface area contributed by atoms with Gasteiger partial charge in [0.2, 0.25) is 11.8 Å². The first-order valence-corrected chi connectivity index (χ1v) is 14.6. The molecule has 1 saturated carbocycles. The quantitative estimate of drug-likeness (QED) is 0.197. The third-order valence-electron chi connectivity index (χ3n) is 8.93. The van der Waals surface area contributed by atoms with Crippen LogP contribution in [0.3, 0.4) is 0 Å². The summed E-state index contributed by atoms with van der Waals surface area (Å²) in [4.78, 5) is 45.6. The monoisotopic (exact) mass is 633 g/mol. The number of nitrogens with zero attached hydrogens (tertiary/aromatic N) is 6. The van der Waals surface area contributed by atoms with Crippen LogP contribution in [0.25, 0.3) is 27.7 Å². The van der Waals surface area contributed by atoms with E-state index in [0.29, 0.717) is 29.0 Å². The van der Waals surface area contributed by atoms with Gasteiger partial charge in [-0.3, -0.25) is 19.1 Å². The van der Waals surface area contributed by atoms with E-state index in [0.717, 1.165) is 29.0 Å². The highest BCUT2D eigenvalue weighted by molar-refractivity contribution is 6.06. The Morgan fingerprint density at radius 1 is 1.07 bits per heavy atom. The van der Waals surface area contributed by atoms with Crippen molar-refractivity contribution in [2.24, 2.45) is 5.41 Å². The van der Waals surface area contributed by atoms with E-state index in [4.69, 9.17) is 0 Å². The van der Waals surface area contributed by atoms with Gasteiger partial charge in [0.1, 0.15) is 18.3 Å². The van der Waals surface area contributed by atoms with Crippen LogP contribution in [-0.4, -0.2) is 59.0 Å². The smallest absolute Gasteiger partial charge is 0.325 e. The number of halogens is 4. The summed E-state index contributed by atoms with van der Waals surface area (Å²) >= 11 is 0. The van der Waals surface area contributed by atoms with Crippen LogP contribution >= 0.6 is 0 Å². The lowest BCUT2D eigenvalue weighted by Gasteiger charge is -2.27. The van der Waals surface area contributed by atoms with Crippen molar-refractivity contribution < 1.29 is 31.9 Å². The molecule has 1 N–H and O–H groups in total. The molecule has 14 heteroatoms. The molecule has 4 heterocycles. The number of aromatic nitrogens is 5. The standard InChI is InChI=1S/C32H27F4N7O3/c1-16-9-26-37-13-19(14-42(26)39-16)18-7-8-23-20(10-18)29(17(2)44)40-41(23)15-27(45)43-24(11-31(3)12-25(31)43)30(46)38-22-6-4-5-21(28(22)33)32(34,35)36/h4-10,13-14,24-25H,11-12,15H2,1-3H3,(H,38,46)/t24-,25+,31-/m0/s1. The molecule has 2 aliphatic rings. The second kappa shape index (κ2) is 10.2. The van der Waals surface area contributed by atoms with Gasteiger partial charge in [-0.25, -0.2) is 13.9 Å². The van der Waals surface area contributed by atoms with Crippen molar-refractivity contribution in [2.45, 2.75) is 58.4 Å². The predicted molar refractivity (Wildman–Crippen MR) is 158 cm³/mol. The number of anilines is 1. The summed E-state index contributed by atoms with van der Waals surface area (Å²) in [6.45, 7) is 4.87. The molecule has 10 nitrogen and oxygen atoms in total. The van der Waals surface area contributed by atoms with Crippen LogP contribution in [0, 0.1) is 18.2 Å². The van der Waals surface area contributed by atoms with Gasteiger partial charge in [0, 0.05) is 42.4 Å². The molecule has 1 aliphatic heterocycles. The van der Waals surface area contributed by atoms with E-state index in [1.807, 2.05) is 32.2 Å². The topological polar surface area (TPSA) is 114 Å². The maximum atomic E-state index is 14.7. The van der Waals surface area contributed by atoms with Crippen LogP contribution in [0.4, 0.5) is 23.2 Å². The maximum absolute atomic E-state index is 14.7. The van der Waals surface area contributed by atoms with E-state index < -0.39 is 41.1 Å². The average molecular weight is 634 g/mol. The molecule has 7 rings (SSSR count). The van der Waals surface area contributed by atoms with Gasteiger partial charge in [0.25, 0.3) is 0 Å². The zero-order valence-electron chi connectivity index (χ0n) is 24.9. The number of amides is 2. The zero-order valence-corrected chi connectivity index (χ0v) is 24.9. The summed E-state index contributed by atoms with van der Waals surface area (Å²) < 4.78 is 57.5. The third-order valence-corrected chi connectivity index (χ3v) is 8.93. The van der Waals surface area contributed by atoms with Gasteiger partial charge in [0.15, 0.2) is 17.2 Å².